The highest BCUT2D eigenvalue weighted by Gasteiger charge is 2.21. The highest BCUT2D eigenvalue weighted by Crippen LogP contribution is 2.22. The third-order valence-corrected chi connectivity index (χ3v) is 3.00. The molecule has 1 aromatic rings. The van der Waals surface area contributed by atoms with Crippen LogP contribution in [0.25, 0.3) is 0 Å². The Bertz CT molecular complexity index is 359. The number of rotatable bonds is 1. The second-order valence-electron chi connectivity index (χ2n) is 3.71. The summed E-state index contributed by atoms with van der Waals surface area (Å²) in [6.45, 7) is 4.61. The van der Waals surface area contributed by atoms with Crippen molar-refractivity contribution in [2.45, 2.75) is 13.0 Å². The van der Waals surface area contributed by atoms with Crippen LogP contribution in [0.5, 0.6) is 0 Å². The maximum atomic E-state index is 13.7. The molecule has 1 unspecified atom stereocenters. The summed E-state index contributed by atoms with van der Waals surface area (Å²) in [5.41, 5.74) is 0. The molecule has 1 aromatic heterocycles. The molecule has 15 heavy (non-hydrogen) atoms. The Morgan fingerprint density at radius 3 is 3.13 bits per heavy atom. The third kappa shape index (κ3) is 2.29. The molecule has 0 radical (unpaired) electrons. The van der Waals surface area contributed by atoms with Gasteiger partial charge >= 0.3 is 0 Å². The molecule has 1 saturated heterocycles. The van der Waals surface area contributed by atoms with Gasteiger partial charge in [-0.15, -0.1) is 0 Å². The van der Waals surface area contributed by atoms with Gasteiger partial charge in [0.2, 0.25) is 0 Å². The fourth-order valence-electron chi connectivity index (χ4n) is 1.77. The van der Waals surface area contributed by atoms with Gasteiger partial charge < -0.3 is 10.2 Å². The number of halogens is 2. The minimum Gasteiger partial charge on any atom is -0.349 e. The molecule has 1 aliphatic rings. The predicted molar refractivity (Wildman–Crippen MR) is 61.6 cm³/mol. The van der Waals surface area contributed by atoms with Crippen LogP contribution in [0.2, 0.25) is 0 Å². The average Bonchev–Trinajstić information content (AvgIpc) is 2.20. The highest BCUT2D eigenvalue weighted by atomic mass is 79.9. The van der Waals surface area contributed by atoms with E-state index in [1.165, 1.54) is 6.07 Å². The van der Waals surface area contributed by atoms with Crippen LogP contribution in [0, 0.1) is 5.82 Å². The maximum absolute atomic E-state index is 13.7. The number of piperazine rings is 1. The van der Waals surface area contributed by atoms with Gasteiger partial charge in [-0.2, -0.15) is 0 Å². The standard InChI is InChI=1S/C10H13BrFN3/c1-7-5-13-2-3-15(7)10-9(12)4-8(11)6-14-10/h4,6-7,13H,2-3,5H2,1H3. The van der Waals surface area contributed by atoms with Crippen molar-refractivity contribution in [1.29, 1.82) is 0 Å². The van der Waals surface area contributed by atoms with E-state index in [0.29, 0.717) is 10.3 Å². The normalized spacial score (nSPS) is 21.8. The highest BCUT2D eigenvalue weighted by molar-refractivity contribution is 9.10. The lowest BCUT2D eigenvalue weighted by Crippen LogP contribution is -2.50. The first-order valence-corrected chi connectivity index (χ1v) is 5.76. The molecule has 3 nitrogen and oxygen atoms in total. The van der Waals surface area contributed by atoms with Gasteiger partial charge in [0.15, 0.2) is 11.6 Å². The topological polar surface area (TPSA) is 28.2 Å². The molecule has 2 rings (SSSR count). The van der Waals surface area contributed by atoms with Gasteiger partial charge in [0, 0.05) is 36.3 Å². The van der Waals surface area contributed by atoms with Gasteiger partial charge in [-0.05, 0) is 28.9 Å². The minimum atomic E-state index is -0.266. The van der Waals surface area contributed by atoms with Crippen molar-refractivity contribution in [3.8, 4) is 0 Å². The minimum absolute atomic E-state index is 0.266. The quantitative estimate of drug-likeness (QED) is 0.846. The summed E-state index contributed by atoms with van der Waals surface area (Å²) in [6.07, 6.45) is 1.63. The van der Waals surface area contributed by atoms with E-state index in [2.05, 4.69) is 33.2 Å². The van der Waals surface area contributed by atoms with E-state index < -0.39 is 0 Å². The number of aromatic nitrogens is 1. The number of anilines is 1. The zero-order valence-electron chi connectivity index (χ0n) is 8.50. The Kier molecular flexibility index (Phi) is 3.21. The second kappa shape index (κ2) is 4.45. The molecule has 82 valence electrons. The van der Waals surface area contributed by atoms with E-state index in [9.17, 15) is 4.39 Å². The van der Waals surface area contributed by atoms with Crippen LogP contribution in [-0.2, 0) is 0 Å². The van der Waals surface area contributed by atoms with Crippen molar-refractivity contribution < 1.29 is 4.39 Å². The van der Waals surface area contributed by atoms with E-state index in [0.717, 1.165) is 19.6 Å². The molecule has 1 atom stereocenters. The zero-order chi connectivity index (χ0) is 10.8. The van der Waals surface area contributed by atoms with Gasteiger partial charge in [0.05, 0.1) is 0 Å². The summed E-state index contributed by atoms with van der Waals surface area (Å²) in [5.74, 6) is 0.185. The lowest BCUT2D eigenvalue weighted by atomic mass is 10.2. The third-order valence-electron chi connectivity index (χ3n) is 2.56. The summed E-state index contributed by atoms with van der Waals surface area (Å²) in [5, 5.41) is 3.26. The van der Waals surface area contributed by atoms with Crippen LogP contribution >= 0.6 is 15.9 Å². The van der Waals surface area contributed by atoms with Gasteiger partial charge in [-0.25, -0.2) is 9.37 Å². The molecule has 0 saturated carbocycles. The number of nitrogens with zero attached hydrogens (tertiary/aromatic N) is 2. The molecular formula is C10H13BrFN3. The fourth-order valence-corrected chi connectivity index (χ4v) is 2.08. The number of hydrogen-bond acceptors (Lipinski definition) is 3. The van der Waals surface area contributed by atoms with Crippen LogP contribution in [-0.4, -0.2) is 30.7 Å². The molecule has 1 fully saturated rings. The molecule has 0 spiro atoms. The summed E-state index contributed by atoms with van der Waals surface area (Å²) in [6, 6.07) is 1.74. The first-order valence-electron chi connectivity index (χ1n) is 4.97. The van der Waals surface area contributed by atoms with E-state index >= 15 is 0 Å². The maximum Gasteiger partial charge on any atom is 0.166 e. The Hall–Kier alpha value is -0.680. The van der Waals surface area contributed by atoms with Crippen LogP contribution in [0.1, 0.15) is 6.92 Å². The average molecular weight is 274 g/mol. The molecule has 0 aliphatic carbocycles. The zero-order valence-corrected chi connectivity index (χ0v) is 10.1. The van der Waals surface area contributed by atoms with Crippen molar-refractivity contribution in [2.24, 2.45) is 0 Å². The van der Waals surface area contributed by atoms with E-state index in [4.69, 9.17) is 0 Å². The predicted octanol–water partition coefficient (Wildman–Crippen LogP) is 1.78. The van der Waals surface area contributed by atoms with Crippen LogP contribution < -0.4 is 10.2 Å². The molecule has 1 N–H and O–H groups in total. The lowest BCUT2D eigenvalue weighted by molar-refractivity contribution is 0.485. The van der Waals surface area contributed by atoms with Gasteiger partial charge in [0.25, 0.3) is 0 Å². The van der Waals surface area contributed by atoms with E-state index in [1.54, 1.807) is 6.20 Å². The summed E-state index contributed by atoms with van der Waals surface area (Å²) < 4.78 is 14.3. The van der Waals surface area contributed by atoms with Gasteiger partial charge in [-0.1, -0.05) is 0 Å². The van der Waals surface area contributed by atoms with Crippen molar-refractivity contribution in [2.75, 3.05) is 24.5 Å². The number of hydrogen-bond donors (Lipinski definition) is 1. The van der Waals surface area contributed by atoms with Crippen molar-refractivity contribution in [3.05, 3.63) is 22.6 Å². The first-order chi connectivity index (χ1) is 7.18. The molecule has 0 aromatic carbocycles. The molecular weight excluding hydrogens is 261 g/mol. The SMILES string of the molecule is CC1CNCCN1c1ncc(Br)cc1F. The summed E-state index contributed by atoms with van der Waals surface area (Å²) >= 11 is 3.20. The molecule has 0 bridgehead atoms. The van der Waals surface area contributed by atoms with Crippen molar-refractivity contribution >= 4 is 21.7 Å². The molecule has 5 heteroatoms. The smallest absolute Gasteiger partial charge is 0.166 e. The number of pyridine rings is 1. The molecule has 0 amide bonds. The van der Waals surface area contributed by atoms with E-state index in [-0.39, 0.29) is 11.9 Å². The van der Waals surface area contributed by atoms with E-state index in [1.807, 2.05) is 4.90 Å². The largest absolute Gasteiger partial charge is 0.349 e. The lowest BCUT2D eigenvalue weighted by Gasteiger charge is -2.35. The van der Waals surface area contributed by atoms with Gasteiger partial charge in [0.1, 0.15) is 0 Å². The number of nitrogens with one attached hydrogen (secondary N) is 1. The molecule has 2 heterocycles. The Morgan fingerprint density at radius 2 is 2.47 bits per heavy atom. The second-order valence-corrected chi connectivity index (χ2v) is 4.62. The van der Waals surface area contributed by atoms with Crippen LogP contribution in [0.4, 0.5) is 10.2 Å². The van der Waals surface area contributed by atoms with Crippen molar-refractivity contribution in [1.82, 2.24) is 10.3 Å². The van der Waals surface area contributed by atoms with Crippen LogP contribution in [0.3, 0.4) is 0 Å². The monoisotopic (exact) mass is 273 g/mol. The fraction of sp³-hybridized carbons (Fsp3) is 0.500. The molecule has 1 aliphatic heterocycles. The summed E-state index contributed by atoms with van der Waals surface area (Å²) in [4.78, 5) is 6.13. The van der Waals surface area contributed by atoms with Crippen LogP contribution in [0.15, 0.2) is 16.7 Å². The first kappa shape index (κ1) is 10.8. The Labute approximate surface area is 96.8 Å². The Morgan fingerprint density at radius 1 is 1.67 bits per heavy atom. The van der Waals surface area contributed by atoms with Crippen molar-refractivity contribution in [3.63, 3.8) is 0 Å². The summed E-state index contributed by atoms with van der Waals surface area (Å²) in [7, 11) is 0. The Balaban J connectivity index is 2.27. The van der Waals surface area contributed by atoms with Gasteiger partial charge in [-0.3, -0.25) is 0 Å².